The van der Waals surface area contributed by atoms with E-state index in [4.69, 9.17) is 4.98 Å². The van der Waals surface area contributed by atoms with E-state index in [-0.39, 0.29) is 5.82 Å². The molecule has 9 nitrogen and oxygen atoms in total. The van der Waals surface area contributed by atoms with Gasteiger partial charge in [-0.2, -0.15) is 5.10 Å². The summed E-state index contributed by atoms with van der Waals surface area (Å²) in [6, 6.07) is 7.01. The molecule has 10 heteroatoms. The standard InChI is InChI=1S/C32H36FN9/c1-6-28-26(10-20(3)23-11-21(15-34-7-2)16-35-17-23)31(41-40-28)32-38-29-19-36-18-27(30(29)39-32)22-12-24(33)14-25(13-22)37-8-9-42(4)5/h6,10-14,16-19,34,37,40H,3,7-9,15H2,1-2,4-5H3,(H,38,39)/b26-10+,28-6+. The number of aromatic nitrogens is 6. The summed E-state index contributed by atoms with van der Waals surface area (Å²) in [7, 11) is 4.00. The molecule has 0 aliphatic heterocycles. The van der Waals surface area contributed by atoms with Gasteiger partial charge < -0.3 is 20.5 Å². The fourth-order valence-corrected chi connectivity index (χ4v) is 4.72. The molecule has 0 aliphatic carbocycles. The van der Waals surface area contributed by atoms with Crippen LogP contribution in [-0.4, -0.2) is 68.8 Å². The molecular weight excluding hydrogens is 529 g/mol. The second-order valence-corrected chi connectivity index (χ2v) is 10.3. The molecular formula is C32H36FN9. The zero-order chi connectivity index (χ0) is 29.6. The van der Waals surface area contributed by atoms with Gasteiger partial charge in [0.25, 0.3) is 0 Å². The average molecular weight is 566 g/mol. The average Bonchev–Trinajstić information content (AvgIpc) is 3.59. The van der Waals surface area contributed by atoms with E-state index in [1.54, 1.807) is 12.4 Å². The lowest BCUT2D eigenvalue weighted by molar-refractivity contribution is 0.425. The van der Waals surface area contributed by atoms with Crippen LogP contribution in [0.5, 0.6) is 0 Å². The number of halogens is 1. The predicted octanol–water partition coefficient (Wildman–Crippen LogP) is 3.93. The Labute approximate surface area is 244 Å². The zero-order valence-electron chi connectivity index (χ0n) is 24.4. The Morgan fingerprint density at radius 1 is 1.10 bits per heavy atom. The molecule has 0 aliphatic rings. The Kier molecular flexibility index (Phi) is 8.85. The van der Waals surface area contributed by atoms with Crippen LogP contribution in [0.4, 0.5) is 10.1 Å². The van der Waals surface area contributed by atoms with Crippen molar-refractivity contribution in [1.82, 2.24) is 40.3 Å². The molecule has 216 valence electrons. The lowest BCUT2D eigenvalue weighted by atomic mass is 10.1. The maximum Gasteiger partial charge on any atom is 0.159 e. The van der Waals surface area contributed by atoms with Crippen molar-refractivity contribution in [2.24, 2.45) is 0 Å². The Bertz CT molecular complexity index is 1830. The van der Waals surface area contributed by atoms with E-state index in [1.165, 1.54) is 12.1 Å². The number of fused-ring (bicyclic) bond motifs is 1. The van der Waals surface area contributed by atoms with E-state index >= 15 is 0 Å². The van der Waals surface area contributed by atoms with E-state index < -0.39 is 0 Å². The van der Waals surface area contributed by atoms with Gasteiger partial charge in [-0.3, -0.25) is 15.1 Å². The Balaban J connectivity index is 1.53. The number of rotatable bonds is 11. The van der Waals surface area contributed by atoms with Gasteiger partial charge >= 0.3 is 0 Å². The zero-order valence-corrected chi connectivity index (χ0v) is 24.4. The summed E-state index contributed by atoms with van der Waals surface area (Å²) in [5, 5.41) is 16.0. The summed E-state index contributed by atoms with van der Waals surface area (Å²) in [5.41, 5.74) is 6.99. The summed E-state index contributed by atoms with van der Waals surface area (Å²) in [6.07, 6.45) is 11.0. The molecule has 0 unspecified atom stereocenters. The summed E-state index contributed by atoms with van der Waals surface area (Å²) in [6.45, 7) is 11.5. The molecule has 0 radical (unpaired) electrons. The van der Waals surface area contributed by atoms with Crippen molar-refractivity contribution < 1.29 is 4.39 Å². The molecule has 4 aromatic heterocycles. The van der Waals surface area contributed by atoms with Gasteiger partial charge in [0.2, 0.25) is 0 Å². The van der Waals surface area contributed by atoms with Gasteiger partial charge in [0.05, 0.1) is 22.6 Å². The fourth-order valence-electron chi connectivity index (χ4n) is 4.72. The minimum Gasteiger partial charge on any atom is -0.384 e. The van der Waals surface area contributed by atoms with E-state index in [0.717, 1.165) is 58.0 Å². The largest absolute Gasteiger partial charge is 0.384 e. The van der Waals surface area contributed by atoms with Gasteiger partial charge in [0.15, 0.2) is 5.82 Å². The summed E-state index contributed by atoms with van der Waals surface area (Å²) in [5.74, 6) is 0.241. The van der Waals surface area contributed by atoms with Crippen molar-refractivity contribution in [3.63, 3.8) is 0 Å². The van der Waals surface area contributed by atoms with E-state index in [0.29, 0.717) is 34.8 Å². The highest BCUT2D eigenvalue weighted by molar-refractivity contribution is 5.93. The van der Waals surface area contributed by atoms with E-state index in [1.807, 2.05) is 51.6 Å². The predicted molar refractivity (Wildman–Crippen MR) is 168 cm³/mol. The SMILES string of the molecule is C=C(/C=c1/c(-c2nc3c(-c4cc(F)cc(NCCN(C)C)c4)cncc3[nH]2)n[nH]/c1=C/C)c1cncc(CNCC)c1. The second kappa shape index (κ2) is 12.9. The van der Waals surface area contributed by atoms with Gasteiger partial charge in [0, 0.05) is 54.7 Å². The third-order valence-corrected chi connectivity index (χ3v) is 6.90. The molecule has 42 heavy (non-hydrogen) atoms. The minimum absolute atomic E-state index is 0.331. The highest BCUT2D eigenvalue weighted by Crippen LogP contribution is 2.30. The van der Waals surface area contributed by atoms with Crippen molar-refractivity contribution >= 4 is 34.4 Å². The molecule has 0 bridgehead atoms. The maximum atomic E-state index is 14.7. The van der Waals surface area contributed by atoms with Gasteiger partial charge in [0.1, 0.15) is 11.5 Å². The number of H-pyrrole nitrogens is 2. The van der Waals surface area contributed by atoms with Gasteiger partial charge in [-0.05, 0) is 80.2 Å². The third-order valence-electron chi connectivity index (χ3n) is 6.90. The fraction of sp³-hybridized carbons (Fsp3) is 0.250. The normalized spacial score (nSPS) is 12.5. The molecule has 4 N–H and O–H groups in total. The van der Waals surface area contributed by atoms with Crippen molar-refractivity contribution in [3.05, 3.63) is 83.1 Å². The number of aromatic amines is 2. The molecule has 0 saturated heterocycles. The Morgan fingerprint density at radius 3 is 2.71 bits per heavy atom. The molecule has 0 atom stereocenters. The van der Waals surface area contributed by atoms with Gasteiger partial charge in [-0.1, -0.05) is 19.6 Å². The van der Waals surface area contributed by atoms with Crippen molar-refractivity contribution in [2.45, 2.75) is 20.4 Å². The first-order valence-corrected chi connectivity index (χ1v) is 14.0. The monoisotopic (exact) mass is 565 g/mol. The number of imidazole rings is 1. The molecule has 0 spiro atoms. The maximum absolute atomic E-state index is 14.7. The van der Waals surface area contributed by atoms with Crippen LogP contribution in [0.25, 0.3) is 51.4 Å². The van der Waals surface area contributed by atoms with Gasteiger partial charge in [-0.25, -0.2) is 9.37 Å². The number of benzene rings is 1. The van der Waals surface area contributed by atoms with Crippen molar-refractivity contribution in [3.8, 4) is 22.6 Å². The second-order valence-electron chi connectivity index (χ2n) is 10.3. The van der Waals surface area contributed by atoms with Crippen LogP contribution in [0.2, 0.25) is 0 Å². The number of hydrogen-bond donors (Lipinski definition) is 4. The van der Waals surface area contributed by atoms with Crippen LogP contribution in [-0.2, 0) is 6.54 Å². The molecule has 1 aromatic carbocycles. The van der Waals surface area contributed by atoms with Crippen LogP contribution >= 0.6 is 0 Å². The number of anilines is 1. The molecule has 5 rings (SSSR count). The van der Waals surface area contributed by atoms with E-state index in [2.05, 4.69) is 60.3 Å². The number of hydrogen-bond acceptors (Lipinski definition) is 7. The summed E-state index contributed by atoms with van der Waals surface area (Å²) < 4.78 is 14.7. The van der Waals surface area contributed by atoms with Crippen LogP contribution in [0.1, 0.15) is 25.0 Å². The number of nitrogens with zero attached hydrogens (tertiary/aromatic N) is 5. The molecule has 5 aromatic rings. The number of pyridine rings is 2. The van der Waals surface area contributed by atoms with Crippen LogP contribution in [0.15, 0.2) is 55.6 Å². The Hall–Kier alpha value is -4.67. The number of allylic oxidation sites excluding steroid dienone is 1. The topological polar surface area (TPSA) is 110 Å². The molecule has 0 saturated carbocycles. The quantitative estimate of drug-likeness (QED) is 0.192. The van der Waals surface area contributed by atoms with E-state index in [9.17, 15) is 4.39 Å². The third kappa shape index (κ3) is 6.45. The minimum atomic E-state index is -0.331. The summed E-state index contributed by atoms with van der Waals surface area (Å²) >= 11 is 0. The molecule has 4 heterocycles. The van der Waals surface area contributed by atoms with Crippen LogP contribution < -0.4 is 21.2 Å². The summed E-state index contributed by atoms with van der Waals surface area (Å²) in [4.78, 5) is 19.2. The van der Waals surface area contributed by atoms with Crippen molar-refractivity contribution in [2.75, 3.05) is 39.0 Å². The Morgan fingerprint density at radius 2 is 1.93 bits per heavy atom. The number of likely N-dealkylation sites (N-methyl/N-ethyl adjacent to an activating group) is 1. The highest BCUT2D eigenvalue weighted by Gasteiger charge is 2.16. The molecule has 0 fully saturated rings. The van der Waals surface area contributed by atoms with Crippen LogP contribution in [0.3, 0.4) is 0 Å². The molecule has 0 amide bonds. The first-order chi connectivity index (χ1) is 20.4. The number of nitrogens with one attached hydrogen (secondary N) is 4. The first kappa shape index (κ1) is 28.8. The van der Waals surface area contributed by atoms with Gasteiger partial charge in [-0.15, -0.1) is 0 Å². The smallest absolute Gasteiger partial charge is 0.159 e. The first-order valence-electron chi connectivity index (χ1n) is 14.0. The van der Waals surface area contributed by atoms with Crippen molar-refractivity contribution in [1.29, 1.82) is 0 Å². The lowest BCUT2D eigenvalue weighted by Gasteiger charge is -2.12. The lowest BCUT2D eigenvalue weighted by Crippen LogP contribution is -2.23. The van der Waals surface area contributed by atoms with Crippen LogP contribution in [0, 0.1) is 5.82 Å². The highest BCUT2D eigenvalue weighted by atomic mass is 19.1.